The number of hydrogen-bond acceptors (Lipinski definition) is 3. The maximum absolute atomic E-state index is 12.2. The van der Waals surface area contributed by atoms with Gasteiger partial charge in [0.25, 0.3) is 0 Å². The van der Waals surface area contributed by atoms with Crippen molar-refractivity contribution in [2.24, 2.45) is 0 Å². The molecule has 1 aliphatic heterocycles. The third kappa shape index (κ3) is 4.10. The summed E-state index contributed by atoms with van der Waals surface area (Å²) in [5.74, 6) is -0.167. The molecule has 1 fully saturated rings. The maximum Gasteiger partial charge on any atom is 0.225 e. The van der Waals surface area contributed by atoms with Crippen LogP contribution >= 0.6 is 23.2 Å². The number of nitrogens with zero attached hydrogens (tertiary/aromatic N) is 2. The van der Waals surface area contributed by atoms with Gasteiger partial charge in [-0.15, -0.1) is 0 Å². The average Bonchev–Trinajstić information content (AvgIpc) is 2.46. The summed E-state index contributed by atoms with van der Waals surface area (Å²) in [5.41, 5.74) is 0.0303. The molecule has 0 radical (unpaired) electrons. The van der Waals surface area contributed by atoms with Crippen molar-refractivity contribution in [3.05, 3.63) is 33.8 Å². The molecule has 0 saturated carbocycles. The lowest BCUT2D eigenvalue weighted by Gasteiger charge is -2.36. The average molecular weight is 326 g/mol. The molecule has 2 rings (SSSR count). The number of carbonyl (C=O) groups is 1. The van der Waals surface area contributed by atoms with E-state index in [9.17, 15) is 10.1 Å². The van der Waals surface area contributed by atoms with Crippen LogP contribution in [0.5, 0.6) is 0 Å². The fourth-order valence-corrected chi connectivity index (χ4v) is 2.73. The Labute approximate surface area is 134 Å². The van der Waals surface area contributed by atoms with E-state index >= 15 is 0 Å². The number of rotatable bonds is 3. The molecule has 0 unspecified atom stereocenters. The van der Waals surface area contributed by atoms with Gasteiger partial charge in [0.1, 0.15) is 5.54 Å². The lowest BCUT2D eigenvalue weighted by atomic mass is 9.89. The van der Waals surface area contributed by atoms with Crippen molar-refractivity contribution in [1.29, 1.82) is 5.26 Å². The molecular formula is C15H17Cl2N3O. The summed E-state index contributed by atoms with van der Waals surface area (Å²) in [6.45, 7) is 1.61. The second kappa shape index (κ2) is 6.65. The van der Waals surface area contributed by atoms with Crippen molar-refractivity contribution in [3.63, 3.8) is 0 Å². The SMILES string of the molecule is CN1CCC(C#N)(NC(=O)Cc2ccc(Cl)c(Cl)c2)CC1. The molecule has 1 saturated heterocycles. The van der Waals surface area contributed by atoms with Gasteiger partial charge >= 0.3 is 0 Å². The normalized spacial score (nSPS) is 18.0. The standard InChI is InChI=1S/C15H17Cl2N3O/c1-20-6-4-15(10-18,5-7-20)19-14(21)9-11-2-3-12(16)13(17)8-11/h2-3,8H,4-7,9H2,1H3,(H,19,21). The van der Waals surface area contributed by atoms with Crippen LogP contribution in [0.1, 0.15) is 18.4 Å². The van der Waals surface area contributed by atoms with Crippen LogP contribution in [0.25, 0.3) is 0 Å². The Hall–Kier alpha value is -1.28. The Kier molecular flexibility index (Phi) is 5.10. The monoisotopic (exact) mass is 325 g/mol. The zero-order chi connectivity index (χ0) is 15.5. The van der Waals surface area contributed by atoms with Crippen LogP contribution in [-0.4, -0.2) is 36.5 Å². The van der Waals surface area contributed by atoms with Crippen molar-refractivity contribution in [3.8, 4) is 6.07 Å². The van der Waals surface area contributed by atoms with Gasteiger partial charge in [-0.1, -0.05) is 29.3 Å². The second-order valence-corrected chi connectivity index (χ2v) is 6.29. The van der Waals surface area contributed by atoms with Crippen LogP contribution < -0.4 is 5.32 Å². The molecule has 0 atom stereocenters. The van der Waals surface area contributed by atoms with Crippen LogP contribution in [0.2, 0.25) is 10.0 Å². The van der Waals surface area contributed by atoms with Crippen LogP contribution in [0, 0.1) is 11.3 Å². The first-order chi connectivity index (χ1) is 9.94. The highest BCUT2D eigenvalue weighted by Gasteiger charge is 2.35. The summed E-state index contributed by atoms with van der Waals surface area (Å²) in [4.78, 5) is 14.3. The van der Waals surface area contributed by atoms with E-state index in [4.69, 9.17) is 23.2 Å². The van der Waals surface area contributed by atoms with E-state index in [1.165, 1.54) is 0 Å². The Balaban J connectivity index is 2.00. The quantitative estimate of drug-likeness (QED) is 0.929. The fourth-order valence-electron chi connectivity index (χ4n) is 2.41. The molecule has 0 aliphatic carbocycles. The van der Waals surface area contributed by atoms with Crippen LogP contribution in [0.15, 0.2) is 18.2 Å². The molecule has 112 valence electrons. The summed E-state index contributed by atoms with van der Waals surface area (Å²) in [6, 6.07) is 7.38. The Morgan fingerprint density at radius 1 is 1.38 bits per heavy atom. The highest BCUT2D eigenvalue weighted by Crippen LogP contribution is 2.24. The number of likely N-dealkylation sites (tertiary alicyclic amines) is 1. The van der Waals surface area contributed by atoms with Gasteiger partial charge in [0.15, 0.2) is 0 Å². The molecule has 1 heterocycles. The molecule has 1 N–H and O–H groups in total. The van der Waals surface area contributed by atoms with Gasteiger partial charge in [-0.25, -0.2) is 0 Å². The topological polar surface area (TPSA) is 56.1 Å². The molecule has 1 aromatic carbocycles. The molecule has 1 aromatic rings. The smallest absolute Gasteiger partial charge is 0.225 e. The van der Waals surface area contributed by atoms with Gasteiger partial charge in [-0.3, -0.25) is 4.79 Å². The number of nitriles is 1. The lowest BCUT2D eigenvalue weighted by molar-refractivity contribution is -0.122. The first-order valence-corrected chi connectivity index (χ1v) is 7.54. The summed E-state index contributed by atoms with van der Waals surface area (Å²) in [5, 5.41) is 13.2. The van der Waals surface area contributed by atoms with E-state index in [1.807, 2.05) is 7.05 Å². The number of piperidine rings is 1. The second-order valence-electron chi connectivity index (χ2n) is 5.47. The molecule has 1 aliphatic rings. The predicted octanol–water partition coefficient (Wildman–Crippen LogP) is 2.64. The van der Waals surface area contributed by atoms with Crippen molar-refractivity contribution < 1.29 is 4.79 Å². The minimum Gasteiger partial charge on any atom is -0.337 e. The van der Waals surface area contributed by atoms with E-state index in [0.717, 1.165) is 18.7 Å². The number of halogens is 2. The van der Waals surface area contributed by atoms with E-state index < -0.39 is 5.54 Å². The first-order valence-electron chi connectivity index (χ1n) is 6.79. The zero-order valence-electron chi connectivity index (χ0n) is 11.8. The number of carbonyl (C=O) groups excluding carboxylic acids is 1. The summed E-state index contributed by atoms with van der Waals surface area (Å²) < 4.78 is 0. The van der Waals surface area contributed by atoms with Crippen LogP contribution in [-0.2, 0) is 11.2 Å². The van der Waals surface area contributed by atoms with E-state index in [2.05, 4.69) is 16.3 Å². The third-order valence-corrected chi connectivity index (χ3v) is 4.52. The predicted molar refractivity (Wildman–Crippen MR) is 83.4 cm³/mol. The van der Waals surface area contributed by atoms with Gasteiger partial charge in [-0.2, -0.15) is 5.26 Å². The van der Waals surface area contributed by atoms with Crippen molar-refractivity contribution in [2.45, 2.75) is 24.8 Å². The maximum atomic E-state index is 12.2. The van der Waals surface area contributed by atoms with E-state index in [0.29, 0.717) is 22.9 Å². The highest BCUT2D eigenvalue weighted by molar-refractivity contribution is 6.42. The molecule has 21 heavy (non-hydrogen) atoms. The van der Waals surface area contributed by atoms with E-state index in [1.54, 1.807) is 18.2 Å². The fraction of sp³-hybridized carbons (Fsp3) is 0.467. The van der Waals surface area contributed by atoms with E-state index in [-0.39, 0.29) is 12.3 Å². The largest absolute Gasteiger partial charge is 0.337 e. The van der Waals surface area contributed by atoms with Gasteiger partial charge in [0, 0.05) is 13.1 Å². The molecule has 4 nitrogen and oxygen atoms in total. The lowest BCUT2D eigenvalue weighted by Crippen LogP contribution is -2.54. The number of benzene rings is 1. The van der Waals surface area contributed by atoms with Crippen LogP contribution in [0.3, 0.4) is 0 Å². The number of amides is 1. The molecule has 0 bridgehead atoms. The first kappa shape index (κ1) is 16.1. The summed E-state index contributed by atoms with van der Waals surface area (Å²) >= 11 is 11.8. The van der Waals surface area contributed by atoms with Gasteiger partial charge < -0.3 is 10.2 Å². The van der Waals surface area contributed by atoms with Gasteiger partial charge in [-0.05, 0) is 37.6 Å². The molecule has 0 aromatic heterocycles. The van der Waals surface area contributed by atoms with Crippen molar-refractivity contribution >= 4 is 29.1 Å². The molecule has 1 amide bonds. The van der Waals surface area contributed by atoms with Crippen LogP contribution in [0.4, 0.5) is 0 Å². The summed E-state index contributed by atoms with van der Waals surface area (Å²) in [7, 11) is 2.01. The van der Waals surface area contributed by atoms with Gasteiger partial charge in [0.05, 0.1) is 22.5 Å². The molecule has 0 spiro atoms. The van der Waals surface area contributed by atoms with Crippen molar-refractivity contribution in [2.75, 3.05) is 20.1 Å². The number of hydrogen-bond donors (Lipinski definition) is 1. The minimum atomic E-state index is -0.750. The molecule has 6 heteroatoms. The highest BCUT2D eigenvalue weighted by atomic mass is 35.5. The van der Waals surface area contributed by atoms with Crippen molar-refractivity contribution in [1.82, 2.24) is 10.2 Å². The zero-order valence-corrected chi connectivity index (χ0v) is 13.3. The van der Waals surface area contributed by atoms with Gasteiger partial charge in [0.2, 0.25) is 5.91 Å². The third-order valence-electron chi connectivity index (χ3n) is 3.78. The number of nitrogens with one attached hydrogen (secondary N) is 1. The Morgan fingerprint density at radius 2 is 2.05 bits per heavy atom. The Morgan fingerprint density at radius 3 is 2.62 bits per heavy atom. The Bertz CT molecular complexity index is 575. The minimum absolute atomic E-state index is 0.167. The molecular weight excluding hydrogens is 309 g/mol. The summed E-state index contributed by atoms with van der Waals surface area (Å²) in [6.07, 6.45) is 1.48.